The average Bonchev–Trinajstić information content (AvgIpc) is 2.60. The molecule has 24 heavy (non-hydrogen) atoms. The average molecular weight is 336 g/mol. The van der Waals surface area contributed by atoms with Gasteiger partial charge in [0.1, 0.15) is 5.60 Å². The second-order valence-corrected chi connectivity index (χ2v) is 5.90. The normalized spacial score (nSPS) is 16.0. The van der Waals surface area contributed by atoms with E-state index in [1.165, 1.54) is 0 Å². The number of benzene rings is 1. The van der Waals surface area contributed by atoms with E-state index in [0.29, 0.717) is 19.6 Å². The van der Waals surface area contributed by atoms with Gasteiger partial charge in [0.15, 0.2) is 12.2 Å². The number of carbonyl (C=O) groups excluding carboxylic acids is 2. The van der Waals surface area contributed by atoms with Gasteiger partial charge in [-0.05, 0) is 39.7 Å². The van der Waals surface area contributed by atoms with Crippen molar-refractivity contribution < 1.29 is 23.8 Å². The van der Waals surface area contributed by atoms with Crippen LogP contribution >= 0.6 is 0 Å². The number of hydrogen-bond acceptors (Lipinski definition) is 5. The minimum atomic E-state index is -1.01. The van der Waals surface area contributed by atoms with Crippen molar-refractivity contribution in [3.63, 3.8) is 0 Å². The Balaban J connectivity index is 2.67. The molecular weight excluding hydrogens is 308 g/mol. The van der Waals surface area contributed by atoms with Crippen molar-refractivity contribution >= 4 is 11.8 Å². The number of esters is 1. The molecule has 0 heterocycles. The Labute approximate surface area is 144 Å². The maximum absolute atomic E-state index is 12.7. The summed E-state index contributed by atoms with van der Waals surface area (Å²) in [5, 5.41) is 0. The van der Waals surface area contributed by atoms with Gasteiger partial charge in [-0.2, -0.15) is 0 Å². The molecule has 0 aliphatic rings. The molecule has 3 unspecified atom stereocenters. The quantitative estimate of drug-likeness (QED) is 0.614. The fourth-order valence-electron chi connectivity index (χ4n) is 2.24. The molecule has 0 fully saturated rings. The van der Waals surface area contributed by atoms with Gasteiger partial charge in [0.05, 0.1) is 6.61 Å². The van der Waals surface area contributed by atoms with Crippen LogP contribution in [-0.4, -0.2) is 36.2 Å². The van der Waals surface area contributed by atoms with Crippen molar-refractivity contribution in [2.24, 2.45) is 0 Å². The standard InChI is InChI=1S/C19H28O5/c1-6-19(5,23-13-16-11-9-8-10-12-16)17(20)14(3)24-18(21)15(4)22-7-2/h8-12,14-15H,6-7,13H2,1-5H3. The van der Waals surface area contributed by atoms with Gasteiger partial charge in [-0.1, -0.05) is 37.3 Å². The largest absolute Gasteiger partial charge is 0.453 e. The molecule has 0 radical (unpaired) electrons. The molecule has 0 saturated carbocycles. The lowest BCUT2D eigenvalue weighted by Crippen LogP contribution is -2.45. The molecule has 0 aliphatic heterocycles. The first kappa shape index (κ1) is 20.3. The van der Waals surface area contributed by atoms with Crippen molar-refractivity contribution in [2.45, 2.75) is 65.5 Å². The minimum Gasteiger partial charge on any atom is -0.453 e. The smallest absolute Gasteiger partial charge is 0.335 e. The predicted molar refractivity (Wildman–Crippen MR) is 91.6 cm³/mol. The van der Waals surface area contributed by atoms with E-state index in [9.17, 15) is 9.59 Å². The van der Waals surface area contributed by atoms with Gasteiger partial charge in [0, 0.05) is 6.61 Å². The number of rotatable bonds is 10. The van der Waals surface area contributed by atoms with Crippen LogP contribution in [0.25, 0.3) is 0 Å². The molecule has 1 aromatic rings. The molecule has 1 rings (SSSR count). The Kier molecular flexibility index (Phi) is 8.08. The first-order valence-corrected chi connectivity index (χ1v) is 8.38. The second-order valence-electron chi connectivity index (χ2n) is 5.90. The van der Waals surface area contributed by atoms with Gasteiger partial charge in [0.25, 0.3) is 0 Å². The highest BCUT2D eigenvalue weighted by Gasteiger charge is 2.37. The summed E-state index contributed by atoms with van der Waals surface area (Å²) in [6.45, 7) is 9.31. The minimum absolute atomic E-state index is 0.252. The van der Waals surface area contributed by atoms with Crippen LogP contribution in [0.5, 0.6) is 0 Å². The first-order chi connectivity index (χ1) is 11.3. The monoisotopic (exact) mass is 336 g/mol. The molecule has 0 saturated heterocycles. The van der Waals surface area contributed by atoms with E-state index in [-0.39, 0.29) is 5.78 Å². The molecule has 0 N–H and O–H groups in total. The van der Waals surface area contributed by atoms with Crippen molar-refractivity contribution in [3.8, 4) is 0 Å². The van der Waals surface area contributed by atoms with Crippen molar-refractivity contribution in [2.75, 3.05) is 6.61 Å². The van der Waals surface area contributed by atoms with Crippen LogP contribution in [-0.2, 0) is 30.4 Å². The van der Waals surface area contributed by atoms with Crippen LogP contribution in [0.1, 0.15) is 46.6 Å². The zero-order valence-electron chi connectivity index (χ0n) is 15.2. The number of ether oxygens (including phenoxy) is 3. The number of carbonyl (C=O) groups is 2. The van der Waals surface area contributed by atoms with Gasteiger partial charge >= 0.3 is 5.97 Å². The van der Waals surface area contributed by atoms with E-state index in [2.05, 4.69) is 0 Å². The van der Waals surface area contributed by atoms with Gasteiger partial charge in [-0.3, -0.25) is 4.79 Å². The fourth-order valence-corrected chi connectivity index (χ4v) is 2.24. The second kappa shape index (κ2) is 9.55. The molecule has 3 atom stereocenters. The fraction of sp³-hybridized carbons (Fsp3) is 0.579. The molecule has 0 aromatic heterocycles. The SMILES string of the molecule is CCOC(C)C(=O)OC(C)C(=O)C(C)(CC)OCc1ccccc1. The van der Waals surface area contributed by atoms with Gasteiger partial charge < -0.3 is 14.2 Å². The van der Waals surface area contributed by atoms with Crippen molar-refractivity contribution in [1.29, 1.82) is 0 Å². The Morgan fingerprint density at radius 2 is 1.71 bits per heavy atom. The third-order valence-electron chi connectivity index (χ3n) is 4.01. The molecule has 0 bridgehead atoms. The van der Waals surface area contributed by atoms with E-state index >= 15 is 0 Å². The van der Waals surface area contributed by atoms with Crippen LogP contribution in [0.15, 0.2) is 30.3 Å². The highest BCUT2D eigenvalue weighted by molar-refractivity contribution is 5.92. The summed E-state index contributed by atoms with van der Waals surface area (Å²) < 4.78 is 16.3. The summed E-state index contributed by atoms with van der Waals surface area (Å²) in [6, 6.07) is 9.64. The lowest BCUT2D eigenvalue weighted by molar-refractivity contribution is -0.172. The zero-order valence-corrected chi connectivity index (χ0v) is 15.2. The molecule has 0 spiro atoms. The lowest BCUT2D eigenvalue weighted by Gasteiger charge is -2.30. The maximum atomic E-state index is 12.7. The van der Waals surface area contributed by atoms with Crippen LogP contribution in [0.3, 0.4) is 0 Å². The Morgan fingerprint density at radius 3 is 2.25 bits per heavy atom. The summed E-state index contributed by atoms with van der Waals surface area (Å²) in [4.78, 5) is 24.6. The molecule has 1 aromatic carbocycles. The van der Waals surface area contributed by atoms with Gasteiger partial charge in [0.2, 0.25) is 5.78 Å². The summed E-state index contributed by atoms with van der Waals surface area (Å²) >= 11 is 0. The Bertz CT molecular complexity index is 528. The van der Waals surface area contributed by atoms with Crippen LogP contribution in [0.4, 0.5) is 0 Å². The number of ketones is 1. The van der Waals surface area contributed by atoms with E-state index in [4.69, 9.17) is 14.2 Å². The molecule has 134 valence electrons. The maximum Gasteiger partial charge on any atom is 0.335 e. The molecule has 0 amide bonds. The Morgan fingerprint density at radius 1 is 1.08 bits per heavy atom. The Hall–Kier alpha value is -1.72. The summed E-state index contributed by atoms with van der Waals surface area (Å²) in [5.41, 5.74) is -0.0238. The number of hydrogen-bond donors (Lipinski definition) is 0. The van der Waals surface area contributed by atoms with E-state index < -0.39 is 23.8 Å². The molecule has 5 heteroatoms. The molecule has 5 nitrogen and oxygen atoms in total. The van der Waals surface area contributed by atoms with Crippen LogP contribution in [0.2, 0.25) is 0 Å². The lowest BCUT2D eigenvalue weighted by atomic mass is 9.94. The van der Waals surface area contributed by atoms with E-state index in [1.807, 2.05) is 37.3 Å². The third kappa shape index (κ3) is 5.73. The van der Waals surface area contributed by atoms with Crippen molar-refractivity contribution in [3.05, 3.63) is 35.9 Å². The van der Waals surface area contributed by atoms with Crippen LogP contribution in [0, 0.1) is 0 Å². The third-order valence-corrected chi connectivity index (χ3v) is 4.01. The van der Waals surface area contributed by atoms with Crippen molar-refractivity contribution in [1.82, 2.24) is 0 Å². The predicted octanol–water partition coefficient (Wildman–Crippen LogP) is 3.30. The van der Waals surface area contributed by atoms with E-state index in [0.717, 1.165) is 5.56 Å². The molecule has 0 aliphatic carbocycles. The van der Waals surface area contributed by atoms with Gasteiger partial charge in [-0.25, -0.2) is 4.79 Å². The highest BCUT2D eigenvalue weighted by atomic mass is 16.6. The summed E-state index contributed by atoms with van der Waals surface area (Å²) in [5.74, 6) is -0.794. The van der Waals surface area contributed by atoms with Gasteiger partial charge in [-0.15, -0.1) is 0 Å². The van der Waals surface area contributed by atoms with Crippen LogP contribution < -0.4 is 0 Å². The summed E-state index contributed by atoms with van der Waals surface area (Å²) in [7, 11) is 0. The zero-order chi connectivity index (χ0) is 18.2. The highest BCUT2D eigenvalue weighted by Crippen LogP contribution is 2.22. The molecular formula is C19H28O5. The topological polar surface area (TPSA) is 61.8 Å². The number of Topliss-reactive ketones (excluding diaryl/α,β-unsaturated/α-hetero) is 1. The summed E-state index contributed by atoms with van der Waals surface area (Å²) in [6.07, 6.45) is -1.09. The first-order valence-electron chi connectivity index (χ1n) is 8.38. The van der Waals surface area contributed by atoms with E-state index in [1.54, 1.807) is 27.7 Å².